The third kappa shape index (κ3) is 4.09. The lowest BCUT2D eigenvalue weighted by Crippen LogP contribution is -2.76. The van der Waals surface area contributed by atoms with Crippen LogP contribution in [0.3, 0.4) is 0 Å². The van der Waals surface area contributed by atoms with Gasteiger partial charge in [0.15, 0.2) is 0 Å². The summed E-state index contributed by atoms with van der Waals surface area (Å²) < 4.78 is 17.2. The van der Waals surface area contributed by atoms with E-state index in [2.05, 4.69) is 36.3 Å². The molecular weight excluding hydrogens is 308 g/mol. The van der Waals surface area contributed by atoms with Gasteiger partial charge in [0.1, 0.15) is 5.16 Å². The zero-order valence-corrected chi connectivity index (χ0v) is 15.9. The van der Waals surface area contributed by atoms with Gasteiger partial charge in [-0.3, -0.25) is 0 Å². The van der Waals surface area contributed by atoms with Crippen LogP contribution in [0.5, 0.6) is 0 Å². The van der Waals surface area contributed by atoms with Gasteiger partial charge in [0.05, 0.1) is 0 Å². The van der Waals surface area contributed by atoms with Gasteiger partial charge in [0.2, 0.25) is 0 Å². The van der Waals surface area contributed by atoms with Crippen LogP contribution in [0.25, 0.3) is 0 Å². The van der Waals surface area contributed by atoms with Crippen molar-refractivity contribution in [2.24, 2.45) is 0 Å². The van der Waals surface area contributed by atoms with Crippen molar-refractivity contribution < 1.29 is 13.3 Å². The summed E-state index contributed by atoms with van der Waals surface area (Å²) in [7, 11) is 1.86. The highest BCUT2D eigenvalue weighted by molar-refractivity contribution is 6.65. The molecule has 0 saturated heterocycles. The van der Waals surface area contributed by atoms with Crippen molar-refractivity contribution in [2.75, 3.05) is 27.9 Å². The molecule has 1 aromatic rings. The minimum atomic E-state index is -3.01. The van der Waals surface area contributed by atoms with Crippen molar-refractivity contribution in [2.45, 2.75) is 31.6 Å². The lowest BCUT2D eigenvalue weighted by molar-refractivity contribution is 0.0837. The van der Waals surface area contributed by atoms with E-state index in [0.29, 0.717) is 0 Å². The average Bonchev–Trinajstić information content (AvgIpc) is 2.61. The van der Waals surface area contributed by atoms with E-state index in [0.717, 1.165) is 13.1 Å². The smallest absolute Gasteiger partial charge is 0.376 e. The Bertz CT molecular complexity index is 460. The van der Waals surface area contributed by atoms with Crippen molar-refractivity contribution in [1.29, 1.82) is 0 Å². The number of benzene rings is 1. The largest absolute Gasteiger partial charge is 0.527 e. The molecule has 1 aromatic carbocycles. The standard InChI is InChI=1S/C17H30N2O3Si/c1-7-17(19-8-2,23(20-4,21-5)22-6)15(3)18-14-16-12-10-9-11-13-16/h7,9-13,15,18-19H,1,8,14H2,2-6H3. The van der Waals surface area contributed by atoms with Gasteiger partial charge >= 0.3 is 8.80 Å². The van der Waals surface area contributed by atoms with Gasteiger partial charge < -0.3 is 23.9 Å². The number of hydrogen-bond donors (Lipinski definition) is 2. The third-order valence-electron chi connectivity index (χ3n) is 4.24. The normalized spacial score (nSPS) is 15.9. The number of nitrogens with one attached hydrogen (secondary N) is 2. The molecule has 0 aromatic heterocycles. The summed E-state index contributed by atoms with van der Waals surface area (Å²) >= 11 is 0. The summed E-state index contributed by atoms with van der Waals surface area (Å²) in [5, 5.41) is 6.40. The summed E-state index contributed by atoms with van der Waals surface area (Å²) in [6.07, 6.45) is 1.85. The van der Waals surface area contributed by atoms with Gasteiger partial charge in [-0.15, -0.1) is 6.58 Å². The first-order valence-corrected chi connectivity index (χ1v) is 9.59. The molecule has 2 unspecified atom stereocenters. The van der Waals surface area contributed by atoms with Crippen LogP contribution in [0.2, 0.25) is 0 Å². The molecule has 0 amide bonds. The lowest BCUT2D eigenvalue weighted by atomic mass is 10.1. The predicted octanol–water partition coefficient (Wildman–Crippen LogP) is 2.12. The third-order valence-corrected chi connectivity index (χ3v) is 7.68. The topological polar surface area (TPSA) is 51.8 Å². The minimum absolute atomic E-state index is 0.00771. The summed E-state index contributed by atoms with van der Waals surface area (Å²) in [6, 6.07) is 10.3. The summed E-state index contributed by atoms with van der Waals surface area (Å²) in [6.45, 7) is 9.65. The molecular formula is C17H30N2O3Si. The van der Waals surface area contributed by atoms with Crippen LogP contribution in [0.4, 0.5) is 0 Å². The Balaban J connectivity index is 3.05. The Morgan fingerprint density at radius 1 is 1.17 bits per heavy atom. The van der Waals surface area contributed by atoms with Crippen LogP contribution in [-0.4, -0.2) is 47.9 Å². The quantitative estimate of drug-likeness (QED) is 0.478. The first kappa shape index (κ1) is 20.0. The van der Waals surface area contributed by atoms with E-state index in [1.807, 2.05) is 31.2 Å². The highest BCUT2D eigenvalue weighted by Crippen LogP contribution is 2.28. The van der Waals surface area contributed by atoms with Crippen molar-refractivity contribution in [3.8, 4) is 0 Å². The fraction of sp³-hybridized carbons (Fsp3) is 0.529. The molecule has 0 spiro atoms. The molecule has 2 atom stereocenters. The van der Waals surface area contributed by atoms with Crippen LogP contribution < -0.4 is 10.6 Å². The van der Waals surface area contributed by atoms with Gasteiger partial charge in [0.25, 0.3) is 0 Å². The Labute approximate surface area is 141 Å². The maximum Gasteiger partial charge on any atom is 0.527 e. The highest BCUT2D eigenvalue weighted by Gasteiger charge is 2.60. The second-order valence-electron chi connectivity index (χ2n) is 5.36. The first-order chi connectivity index (χ1) is 11.1. The van der Waals surface area contributed by atoms with Crippen LogP contribution in [0.15, 0.2) is 43.0 Å². The molecule has 0 bridgehead atoms. The maximum absolute atomic E-state index is 5.74. The molecule has 1 rings (SSSR count). The molecule has 0 aliphatic carbocycles. The van der Waals surface area contributed by atoms with Crippen molar-refractivity contribution >= 4 is 8.80 Å². The van der Waals surface area contributed by atoms with Crippen molar-refractivity contribution in [3.63, 3.8) is 0 Å². The molecule has 5 nitrogen and oxygen atoms in total. The molecule has 6 heteroatoms. The van der Waals surface area contributed by atoms with Crippen LogP contribution in [0.1, 0.15) is 19.4 Å². The maximum atomic E-state index is 5.74. The van der Waals surface area contributed by atoms with E-state index in [1.165, 1.54) is 5.56 Å². The number of likely N-dealkylation sites (N-methyl/N-ethyl adjacent to an activating group) is 1. The molecule has 2 N–H and O–H groups in total. The zero-order valence-electron chi connectivity index (χ0n) is 14.9. The number of rotatable bonds is 11. The Hall–Kier alpha value is -1.02. The molecule has 0 radical (unpaired) electrons. The van der Waals surface area contributed by atoms with E-state index in [-0.39, 0.29) is 6.04 Å². The Morgan fingerprint density at radius 2 is 1.74 bits per heavy atom. The predicted molar refractivity (Wildman–Crippen MR) is 96.1 cm³/mol. The summed E-state index contributed by atoms with van der Waals surface area (Å²) in [4.78, 5) is 0. The van der Waals surface area contributed by atoms with Gasteiger partial charge in [-0.2, -0.15) is 0 Å². The van der Waals surface area contributed by atoms with Gasteiger partial charge in [-0.1, -0.05) is 43.3 Å². The summed E-state index contributed by atoms with van der Waals surface area (Å²) in [5.41, 5.74) is 1.22. The van der Waals surface area contributed by atoms with Crippen LogP contribution in [-0.2, 0) is 19.8 Å². The molecule has 0 heterocycles. The van der Waals surface area contributed by atoms with E-state index in [9.17, 15) is 0 Å². The van der Waals surface area contributed by atoms with Crippen LogP contribution in [0, 0.1) is 0 Å². The average molecular weight is 339 g/mol. The first-order valence-electron chi connectivity index (χ1n) is 7.87. The molecule has 23 heavy (non-hydrogen) atoms. The number of hydrogen-bond acceptors (Lipinski definition) is 5. The van der Waals surface area contributed by atoms with E-state index < -0.39 is 14.0 Å². The van der Waals surface area contributed by atoms with Crippen molar-refractivity contribution in [3.05, 3.63) is 48.6 Å². The Kier molecular flexibility index (Phi) is 8.11. The molecule has 130 valence electrons. The van der Waals surface area contributed by atoms with E-state index in [1.54, 1.807) is 21.3 Å². The van der Waals surface area contributed by atoms with Crippen molar-refractivity contribution in [1.82, 2.24) is 10.6 Å². The molecule has 0 saturated carbocycles. The minimum Gasteiger partial charge on any atom is -0.376 e. The Morgan fingerprint density at radius 3 is 2.17 bits per heavy atom. The van der Waals surface area contributed by atoms with Gasteiger partial charge in [0, 0.05) is 33.9 Å². The second kappa shape index (κ2) is 9.32. The van der Waals surface area contributed by atoms with Gasteiger partial charge in [-0.05, 0) is 19.0 Å². The molecule has 0 aliphatic heterocycles. The fourth-order valence-corrected chi connectivity index (χ4v) is 5.77. The SMILES string of the molecule is C=CC(NCC)(C(C)NCc1ccccc1)[Si](OC)(OC)OC. The van der Waals surface area contributed by atoms with E-state index >= 15 is 0 Å². The van der Waals surface area contributed by atoms with Crippen LogP contribution >= 0.6 is 0 Å². The van der Waals surface area contributed by atoms with E-state index in [4.69, 9.17) is 13.3 Å². The zero-order chi connectivity index (χ0) is 17.3. The summed E-state index contributed by atoms with van der Waals surface area (Å²) in [5.74, 6) is 0. The van der Waals surface area contributed by atoms with Gasteiger partial charge in [-0.25, -0.2) is 0 Å². The molecule has 0 fully saturated rings. The fourth-order valence-electron chi connectivity index (χ4n) is 2.98. The molecule has 0 aliphatic rings. The lowest BCUT2D eigenvalue weighted by Gasteiger charge is -2.46. The monoisotopic (exact) mass is 338 g/mol. The highest BCUT2D eigenvalue weighted by atomic mass is 28.4. The second-order valence-corrected chi connectivity index (χ2v) is 8.52.